The number of hydrogen-bond acceptors (Lipinski definition) is 2. The van der Waals surface area contributed by atoms with Crippen LogP contribution in [0.15, 0.2) is 0 Å². The minimum Gasteiger partial charge on any atom is -0.293 e. The molecule has 1 nitrogen and oxygen atoms in total. The van der Waals surface area contributed by atoms with Crippen molar-refractivity contribution in [3.63, 3.8) is 0 Å². The van der Waals surface area contributed by atoms with E-state index in [1.54, 1.807) is 0 Å². The minimum absolute atomic E-state index is 0.610. The van der Waals surface area contributed by atoms with Crippen LogP contribution in [-0.2, 0) is 0 Å². The van der Waals surface area contributed by atoms with Crippen LogP contribution >= 0.6 is 11.8 Å². The van der Waals surface area contributed by atoms with Gasteiger partial charge in [-0.25, -0.2) is 0 Å². The Hall–Kier alpha value is -0.130. The van der Waals surface area contributed by atoms with E-state index in [0.717, 1.165) is 6.54 Å². The number of terminal acetylenes is 1. The maximum Gasteiger partial charge on any atom is 0.0598 e. The molecule has 0 spiro atoms. The molecule has 64 valence electrons. The molecular weight excluding hydrogens is 154 g/mol. The van der Waals surface area contributed by atoms with Crippen LogP contribution in [-0.4, -0.2) is 36.5 Å². The topological polar surface area (TPSA) is 3.24 Å². The van der Waals surface area contributed by atoms with Gasteiger partial charge in [0.25, 0.3) is 0 Å². The predicted octanol–water partition coefficient (Wildman–Crippen LogP) is 1.69. The highest BCUT2D eigenvalue weighted by molar-refractivity contribution is 7.98. The van der Waals surface area contributed by atoms with Crippen LogP contribution in [0.2, 0.25) is 0 Å². The SMILES string of the molecule is C#CCN(C)C(C)CCSC. The highest BCUT2D eigenvalue weighted by atomic mass is 32.2. The smallest absolute Gasteiger partial charge is 0.0598 e. The van der Waals surface area contributed by atoms with Crippen molar-refractivity contribution in [2.75, 3.05) is 25.6 Å². The summed E-state index contributed by atoms with van der Waals surface area (Å²) < 4.78 is 0. The molecule has 0 rings (SSSR count). The Balaban J connectivity index is 3.48. The van der Waals surface area contributed by atoms with Gasteiger partial charge in [0.1, 0.15) is 0 Å². The monoisotopic (exact) mass is 171 g/mol. The van der Waals surface area contributed by atoms with Crippen molar-refractivity contribution in [3.05, 3.63) is 0 Å². The quantitative estimate of drug-likeness (QED) is 0.579. The van der Waals surface area contributed by atoms with Gasteiger partial charge in [-0.15, -0.1) is 6.42 Å². The van der Waals surface area contributed by atoms with Crippen molar-refractivity contribution in [3.8, 4) is 12.3 Å². The fraction of sp³-hybridized carbons (Fsp3) is 0.778. The summed E-state index contributed by atoms with van der Waals surface area (Å²) in [5.74, 6) is 3.86. The standard InChI is InChI=1S/C9H17NS/c1-5-7-10(3)9(2)6-8-11-4/h1,9H,6-8H2,2-4H3. The average molecular weight is 171 g/mol. The fourth-order valence-corrected chi connectivity index (χ4v) is 1.39. The van der Waals surface area contributed by atoms with Crippen LogP contribution in [0, 0.1) is 12.3 Å². The Morgan fingerprint density at radius 2 is 2.27 bits per heavy atom. The lowest BCUT2D eigenvalue weighted by molar-refractivity contribution is 0.283. The molecule has 0 saturated heterocycles. The van der Waals surface area contributed by atoms with Crippen LogP contribution in [0.3, 0.4) is 0 Å². The highest BCUT2D eigenvalue weighted by Gasteiger charge is 2.05. The van der Waals surface area contributed by atoms with E-state index in [1.807, 2.05) is 11.8 Å². The van der Waals surface area contributed by atoms with Crippen LogP contribution in [0.5, 0.6) is 0 Å². The predicted molar refractivity (Wildman–Crippen MR) is 53.9 cm³/mol. The Bertz CT molecular complexity index is 128. The summed E-state index contributed by atoms with van der Waals surface area (Å²) in [5.41, 5.74) is 0. The van der Waals surface area contributed by atoms with E-state index in [9.17, 15) is 0 Å². The Labute approximate surface area is 74.5 Å². The van der Waals surface area contributed by atoms with Crippen LogP contribution in [0.1, 0.15) is 13.3 Å². The van der Waals surface area contributed by atoms with Gasteiger partial charge in [0.15, 0.2) is 0 Å². The molecule has 0 aliphatic carbocycles. The van der Waals surface area contributed by atoms with Crippen LogP contribution in [0.4, 0.5) is 0 Å². The summed E-state index contributed by atoms with van der Waals surface area (Å²) in [7, 11) is 2.07. The number of nitrogens with zero attached hydrogens (tertiary/aromatic N) is 1. The molecule has 0 aromatic rings. The van der Waals surface area contributed by atoms with Crippen LogP contribution in [0.25, 0.3) is 0 Å². The van der Waals surface area contributed by atoms with Gasteiger partial charge in [0.05, 0.1) is 6.54 Å². The lowest BCUT2D eigenvalue weighted by Gasteiger charge is -2.21. The molecule has 11 heavy (non-hydrogen) atoms. The molecule has 0 aromatic carbocycles. The molecule has 0 heterocycles. The zero-order chi connectivity index (χ0) is 8.69. The van der Waals surface area contributed by atoms with E-state index in [4.69, 9.17) is 6.42 Å². The maximum absolute atomic E-state index is 5.20. The van der Waals surface area contributed by atoms with E-state index in [-0.39, 0.29) is 0 Å². The Morgan fingerprint density at radius 3 is 2.73 bits per heavy atom. The van der Waals surface area contributed by atoms with E-state index >= 15 is 0 Å². The van der Waals surface area contributed by atoms with Crippen molar-refractivity contribution < 1.29 is 0 Å². The number of hydrogen-bond donors (Lipinski definition) is 0. The lowest BCUT2D eigenvalue weighted by atomic mass is 10.2. The normalized spacial score (nSPS) is 13.0. The van der Waals surface area contributed by atoms with Crippen molar-refractivity contribution in [1.29, 1.82) is 0 Å². The zero-order valence-corrected chi connectivity index (χ0v) is 8.45. The molecule has 0 N–H and O–H groups in total. The molecule has 1 atom stereocenters. The van der Waals surface area contributed by atoms with Crippen molar-refractivity contribution in [1.82, 2.24) is 4.90 Å². The maximum atomic E-state index is 5.20. The third-order valence-corrected chi connectivity index (χ3v) is 2.48. The molecular formula is C9H17NS. The highest BCUT2D eigenvalue weighted by Crippen LogP contribution is 2.04. The molecule has 0 radical (unpaired) electrons. The molecule has 2 heteroatoms. The summed E-state index contributed by atoms with van der Waals surface area (Å²) in [5, 5.41) is 0. The summed E-state index contributed by atoms with van der Waals surface area (Å²) in [4.78, 5) is 2.20. The van der Waals surface area contributed by atoms with Gasteiger partial charge < -0.3 is 0 Å². The molecule has 0 aromatic heterocycles. The van der Waals surface area contributed by atoms with Gasteiger partial charge in [-0.1, -0.05) is 5.92 Å². The van der Waals surface area contributed by atoms with Crippen molar-refractivity contribution in [2.45, 2.75) is 19.4 Å². The first-order valence-electron chi connectivity index (χ1n) is 3.85. The van der Waals surface area contributed by atoms with Gasteiger partial charge in [-0.2, -0.15) is 11.8 Å². The minimum atomic E-state index is 0.610. The second-order valence-corrected chi connectivity index (χ2v) is 3.74. The number of thioether (sulfide) groups is 1. The summed E-state index contributed by atoms with van der Waals surface area (Å²) >= 11 is 1.89. The zero-order valence-electron chi connectivity index (χ0n) is 7.63. The Kier molecular flexibility index (Phi) is 6.49. The summed E-state index contributed by atoms with van der Waals surface area (Å²) in [6.45, 7) is 2.98. The lowest BCUT2D eigenvalue weighted by Crippen LogP contribution is -2.29. The first kappa shape index (κ1) is 10.9. The average Bonchev–Trinajstić information content (AvgIpc) is 2.00. The molecule has 0 aliphatic rings. The largest absolute Gasteiger partial charge is 0.293 e. The van der Waals surface area contributed by atoms with Crippen molar-refractivity contribution >= 4 is 11.8 Å². The number of rotatable bonds is 5. The molecule has 0 bridgehead atoms. The molecule has 0 fully saturated rings. The first-order valence-corrected chi connectivity index (χ1v) is 5.24. The molecule has 0 amide bonds. The van der Waals surface area contributed by atoms with Crippen LogP contribution < -0.4 is 0 Å². The van der Waals surface area contributed by atoms with Gasteiger partial charge in [0, 0.05) is 6.04 Å². The Morgan fingerprint density at radius 1 is 1.64 bits per heavy atom. The van der Waals surface area contributed by atoms with E-state index in [1.165, 1.54) is 12.2 Å². The summed E-state index contributed by atoms with van der Waals surface area (Å²) in [6, 6.07) is 0.610. The fourth-order valence-electron chi connectivity index (χ4n) is 0.809. The summed E-state index contributed by atoms with van der Waals surface area (Å²) in [6.07, 6.45) is 8.55. The molecule has 0 aliphatic heterocycles. The molecule has 0 saturated carbocycles. The van der Waals surface area contributed by atoms with E-state index in [2.05, 4.69) is 31.0 Å². The van der Waals surface area contributed by atoms with Gasteiger partial charge in [-0.3, -0.25) is 4.90 Å². The second-order valence-electron chi connectivity index (χ2n) is 2.75. The molecule has 1 unspecified atom stereocenters. The van der Waals surface area contributed by atoms with E-state index < -0.39 is 0 Å². The van der Waals surface area contributed by atoms with Gasteiger partial charge in [-0.05, 0) is 32.4 Å². The van der Waals surface area contributed by atoms with Gasteiger partial charge >= 0.3 is 0 Å². The third kappa shape index (κ3) is 5.17. The van der Waals surface area contributed by atoms with Crippen molar-refractivity contribution in [2.24, 2.45) is 0 Å². The van der Waals surface area contributed by atoms with Gasteiger partial charge in [0.2, 0.25) is 0 Å². The third-order valence-electron chi connectivity index (χ3n) is 1.83. The van der Waals surface area contributed by atoms with E-state index in [0.29, 0.717) is 6.04 Å². The second kappa shape index (κ2) is 6.57. The first-order chi connectivity index (χ1) is 5.22.